The summed E-state index contributed by atoms with van der Waals surface area (Å²) < 4.78 is 21.2. The predicted octanol–water partition coefficient (Wildman–Crippen LogP) is 1.29. The zero-order valence-electron chi connectivity index (χ0n) is 22.3. The molecule has 0 aromatic heterocycles. The Morgan fingerprint density at radius 3 is 2.37 bits per heavy atom. The van der Waals surface area contributed by atoms with Crippen molar-refractivity contribution >= 4 is 17.8 Å². The molecule has 0 amide bonds. The summed E-state index contributed by atoms with van der Waals surface area (Å²) in [6.45, 7) is -0.525. The van der Waals surface area contributed by atoms with E-state index < -0.39 is 60.9 Å². The fourth-order valence-corrected chi connectivity index (χ4v) is 4.57. The van der Waals surface area contributed by atoms with Gasteiger partial charge < -0.3 is 59.8 Å². The fraction of sp³-hybridized carbons (Fsp3) is 0.233. The van der Waals surface area contributed by atoms with Crippen LogP contribution in [-0.4, -0.2) is 95.0 Å². The number of phenolic OH excluding ortho intramolecular Hbond substituents is 3. The van der Waals surface area contributed by atoms with Gasteiger partial charge in [0, 0.05) is 24.3 Å². The minimum atomic E-state index is -1.78. The summed E-state index contributed by atoms with van der Waals surface area (Å²) in [5, 5.41) is 81.2. The molecule has 6 unspecified atom stereocenters. The monoisotopic (exact) mass is 597 g/mol. The van der Waals surface area contributed by atoms with Crippen LogP contribution in [0.5, 0.6) is 17.2 Å². The quantitative estimate of drug-likeness (QED) is 0.0980. The van der Waals surface area contributed by atoms with E-state index in [1.54, 1.807) is 12.1 Å². The summed E-state index contributed by atoms with van der Waals surface area (Å²) in [5.74, 6) is -2.16. The van der Waals surface area contributed by atoms with E-state index >= 15 is 0 Å². The van der Waals surface area contributed by atoms with Gasteiger partial charge >= 0.3 is 11.7 Å². The van der Waals surface area contributed by atoms with Crippen LogP contribution in [0.3, 0.4) is 0 Å². The first-order valence-electron chi connectivity index (χ1n) is 13.0. The normalized spacial score (nSPS) is 27.0. The zero-order chi connectivity index (χ0) is 30.8. The second-order valence-corrected chi connectivity index (χ2v) is 9.90. The lowest BCUT2D eigenvalue weighted by atomic mass is 9.96. The summed E-state index contributed by atoms with van der Waals surface area (Å²) >= 11 is 0. The highest BCUT2D eigenvalue weighted by molar-refractivity contribution is 5.87. The molecule has 0 bridgehead atoms. The minimum absolute atomic E-state index is 0.0610. The molecule has 43 heavy (non-hydrogen) atoms. The molecule has 0 saturated carbocycles. The molecule has 2 heterocycles. The van der Waals surface area contributed by atoms with Gasteiger partial charge in [0.2, 0.25) is 18.2 Å². The molecular weight excluding hydrogens is 568 g/mol. The van der Waals surface area contributed by atoms with E-state index in [0.29, 0.717) is 5.56 Å². The Kier molecular flexibility index (Phi) is 8.32. The highest BCUT2D eigenvalue weighted by atomic mass is 16.7. The van der Waals surface area contributed by atoms with Crippen molar-refractivity contribution in [3.8, 4) is 17.2 Å². The van der Waals surface area contributed by atoms with Gasteiger partial charge in [0.05, 0.1) is 17.2 Å². The highest BCUT2D eigenvalue weighted by Crippen LogP contribution is 2.38. The molecule has 6 atom stereocenters. The van der Waals surface area contributed by atoms with Crippen LogP contribution < -0.4 is 0 Å². The summed E-state index contributed by atoms with van der Waals surface area (Å²) in [7, 11) is 0. The number of carbonyl (C=O) groups excluding carboxylic acids is 1. The number of ether oxygens (including phenoxy) is 4. The number of allylic oxidation sites excluding steroid dienone is 2. The topological polar surface area (TPSA) is 219 Å². The number of aliphatic hydroxyl groups excluding tert-OH is 5. The molecule has 9 N–H and O–H groups in total. The first-order chi connectivity index (χ1) is 20.5. The molecule has 2 aromatic rings. The molecule has 1 aliphatic carbocycles. The van der Waals surface area contributed by atoms with Crippen molar-refractivity contribution in [2.75, 3.05) is 6.61 Å². The number of benzene rings is 2. The number of phenols is 3. The van der Waals surface area contributed by atoms with Crippen LogP contribution in [0.15, 0.2) is 89.6 Å². The molecule has 3 aliphatic rings. The van der Waals surface area contributed by atoms with Gasteiger partial charge in [0.15, 0.2) is 11.5 Å². The van der Waals surface area contributed by atoms with Crippen LogP contribution in [-0.2, 0) is 19.0 Å². The van der Waals surface area contributed by atoms with Gasteiger partial charge in [-0.3, -0.25) is 0 Å². The Labute approximate surface area is 244 Å². The molecule has 13 nitrogen and oxygen atoms in total. The molecule has 2 aliphatic heterocycles. The SMILES string of the molecule is O=C(C=Cc1ccc(O)cc1)OCC1OC(OC2=C(c3ccc(O)c(O)c3)[OH+]C3C=C(O)C=C(O)C3=C2)C(O)C(O)C1O. The van der Waals surface area contributed by atoms with Crippen LogP contribution in [0.2, 0.25) is 0 Å². The first-order valence-corrected chi connectivity index (χ1v) is 13.0. The van der Waals surface area contributed by atoms with E-state index in [1.807, 2.05) is 0 Å². The smallest absolute Gasteiger partial charge is 0.330 e. The lowest BCUT2D eigenvalue weighted by molar-refractivity contribution is -0.291. The molecule has 1 saturated heterocycles. The summed E-state index contributed by atoms with van der Waals surface area (Å²) in [4.78, 5) is 12.3. The second kappa shape index (κ2) is 12.1. The summed E-state index contributed by atoms with van der Waals surface area (Å²) in [5.41, 5.74) is 1.08. The molecule has 0 radical (unpaired) electrons. The zero-order valence-corrected chi connectivity index (χ0v) is 22.3. The van der Waals surface area contributed by atoms with E-state index in [1.165, 1.54) is 48.6 Å². The first kappa shape index (κ1) is 29.5. The van der Waals surface area contributed by atoms with E-state index in [2.05, 4.69) is 4.74 Å². The van der Waals surface area contributed by atoms with Gasteiger partial charge in [-0.1, -0.05) is 12.1 Å². The van der Waals surface area contributed by atoms with Gasteiger partial charge in [-0.25, -0.2) is 4.79 Å². The van der Waals surface area contributed by atoms with Crippen molar-refractivity contribution in [2.45, 2.75) is 36.8 Å². The minimum Gasteiger partial charge on any atom is -0.571 e. The lowest BCUT2D eigenvalue weighted by Crippen LogP contribution is -2.59. The van der Waals surface area contributed by atoms with E-state index in [4.69, 9.17) is 14.2 Å². The van der Waals surface area contributed by atoms with Gasteiger partial charge in [-0.15, -0.1) is 0 Å². The van der Waals surface area contributed by atoms with Crippen molar-refractivity contribution in [1.82, 2.24) is 0 Å². The van der Waals surface area contributed by atoms with Crippen LogP contribution >= 0.6 is 0 Å². The third-order valence-electron chi connectivity index (χ3n) is 6.87. The van der Waals surface area contributed by atoms with Crippen LogP contribution in [0, 0.1) is 0 Å². The third-order valence-corrected chi connectivity index (χ3v) is 6.87. The molecule has 2 aromatic carbocycles. The average molecular weight is 598 g/mol. The third kappa shape index (κ3) is 6.44. The highest BCUT2D eigenvalue weighted by Gasteiger charge is 2.47. The Hall–Kier alpha value is -4.95. The molecule has 226 valence electrons. The summed E-state index contributed by atoms with van der Waals surface area (Å²) in [6, 6.07) is 9.86. The second-order valence-electron chi connectivity index (χ2n) is 9.90. The molecule has 0 spiro atoms. The van der Waals surface area contributed by atoms with Crippen molar-refractivity contribution in [3.05, 3.63) is 101 Å². The van der Waals surface area contributed by atoms with Crippen molar-refractivity contribution < 1.29 is 64.6 Å². The lowest BCUT2D eigenvalue weighted by Gasteiger charge is -2.40. The molecule has 1 fully saturated rings. The maximum Gasteiger partial charge on any atom is 0.330 e. The summed E-state index contributed by atoms with van der Waals surface area (Å²) in [6.07, 6.45) is -2.67. The number of rotatable bonds is 7. The molecule has 13 heteroatoms. The van der Waals surface area contributed by atoms with Gasteiger partial charge in [-0.05, 0) is 35.9 Å². The number of hydrogen-bond donors (Lipinski definition) is 8. The van der Waals surface area contributed by atoms with Gasteiger partial charge in [0.1, 0.15) is 48.3 Å². The Bertz CT molecular complexity index is 1540. The maximum absolute atomic E-state index is 12.3. The van der Waals surface area contributed by atoms with Crippen molar-refractivity contribution in [3.63, 3.8) is 0 Å². The number of esters is 1. The number of aliphatic hydroxyl groups is 7. The van der Waals surface area contributed by atoms with E-state index in [-0.39, 0.29) is 39.9 Å². The number of fused-ring (bicyclic) bond motifs is 1. The Morgan fingerprint density at radius 1 is 0.907 bits per heavy atom. The largest absolute Gasteiger partial charge is 0.571 e. The van der Waals surface area contributed by atoms with Crippen LogP contribution in [0.25, 0.3) is 11.8 Å². The average Bonchev–Trinajstić information content (AvgIpc) is 2.98. The number of aromatic hydroxyl groups is 3. The van der Waals surface area contributed by atoms with Crippen LogP contribution in [0.1, 0.15) is 11.1 Å². The van der Waals surface area contributed by atoms with Crippen molar-refractivity contribution in [2.24, 2.45) is 0 Å². The van der Waals surface area contributed by atoms with Gasteiger partial charge in [0.25, 0.3) is 0 Å². The Morgan fingerprint density at radius 2 is 1.65 bits per heavy atom. The Balaban J connectivity index is 1.36. The van der Waals surface area contributed by atoms with E-state index in [9.17, 15) is 45.6 Å². The molecular formula is C30H29O13+. The molecule has 5 rings (SSSR count). The number of hydrogen-bond acceptors (Lipinski definition) is 12. The van der Waals surface area contributed by atoms with E-state index in [0.717, 1.165) is 12.2 Å². The van der Waals surface area contributed by atoms with Crippen molar-refractivity contribution in [1.29, 1.82) is 0 Å². The van der Waals surface area contributed by atoms with Gasteiger partial charge in [-0.2, -0.15) is 0 Å². The number of carbonyl (C=O) groups is 1. The fourth-order valence-electron chi connectivity index (χ4n) is 4.57. The predicted molar refractivity (Wildman–Crippen MR) is 148 cm³/mol. The standard InChI is InChI=1S/C30H28O13/c31-16-5-1-14(2-6-16)3-8-25(36)40-13-24-26(37)27(38)28(39)30(43-24)42-23-12-18-20(34)10-17(32)11-22(18)41-29(23)15-4-7-19(33)21(35)9-15/h1-12,22,24,26-28,30-35,37-39H,13H2/p+1. The van der Waals surface area contributed by atoms with Crippen LogP contribution in [0.4, 0.5) is 0 Å². The maximum atomic E-state index is 12.3.